The zero-order valence-corrected chi connectivity index (χ0v) is 10.5. The Morgan fingerprint density at radius 1 is 1.44 bits per heavy atom. The van der Waals surface area contributed by atoms with E-state index in [1.165, 1.54) is 51.0 Å². The molecular weight excluding hydrogens is 216 g/mol. The highest BCUT2D eigenvalue weighted by Gasteiger charge is 2.36. The van der Waals surface area contributed by atoms with E-state index in [2.05, 4.69) is 27.0 Å². The van der Waals surface area contributed by atoms with Crippen LogP contribution in [-0.2, 0) is 6.42 Å². The van der Waals surface area contributed by atoms with Gasteiger partial charge in [0.05, 0.1) is 0 Å². The zero-order valence-electron chi connectivity index (χ0n) is 9.69. The van der Waals surface area contributed by atoms with E-state index in [0.717, 1.165) is 12.0 Å². The van der Waals surface area contributed by atoms with E-state index in [0.29, 0.717) is 0 Å². The molecule has 3 heteroatoms. The minimum Gasteiger partial charge on any atom is -0.314 e. The molecule has 1 aromatic rings. The third kappa shape index (κ3) is 2.47. The SMILES string of the molecule is c1cc(CCN2CCNCC2C2CC2)cs1. The third-order valence-electron chi connectivity index (χ3n) is 3.83. The van der Waals surface area contributed by atoms with E-state index in [4.69, 9.17) is 0 Å². The first kappa shape index (κ1) is 10.8. The third-order valence-corrected chi connectivity index (χ3v) is 4.56. The molecule has 1 aromatic heterocycles. The Labute approximate surface area is 102 Å². The Balaban J connectivity index is 1.55. The van der Waals surface area contributed by atoms with Gasteiger partial charge in [-0.25, -0.2) is 0 Å². The first-order valence-corrected chi connectivity index (χ1v) is 7.33. The van der Waals surface area contributed by atoms with Gasteiger partial charge in [-0.05, 0) is 47.6 Å². The van der Waals surface area contributed by atoms with Gasteiger partial charge in [0, 0.05) is 32.2 Å². The monoisotopic (exact) mass is 236 g/mol. The smallest absolute Gasteiger partial charge is 0.0249 e. The minimum atomic E-state index is 0.826. The first-order chi connectivity index (χ1) is 7.93. The van der Waals surface area contributed by atoms with Crippen LogP contribution in [-0.4, -0.2) is 37.1 Å². The lowest BCUT2D eigenvalue weighted by Crippen LogP contribution is -2.52. The fraction of sp³-hybridized carbons (Fsp3) is 0.692. The maximum absolute atomic E-state index is 3.54. The van der Waals surface area contributed by atoms with Crippen LogP contribution >= 0.6 is 11.3 Å². The molecule has 3 rings (SSSR count). The molecule has 16 heavy (non-hydrogen) atoms. The summed E-state index contributed by atoms with van der Waals surface area (Å²) in [5, 5.41) is 8.01. The van der Waals surface area contributed by atoms with E-state index in [9.17, 15) is 0 Å². The number of thiophene rings is 1. The van der Waals surface area contributed by atoms with Crippen LogP contribution in [0.3, 0.4) is 0 Å². The molecule has 0 aromatic carbocycles. The number of hydrogen-bond acceptors (Lipinski definition) is 3. The lowest BCUT2D eigenvalue weighted by molar-refractivity contribution is 0.145. The fourth-order valence-electron chi connectivity index (χ4n) is 2.70. The molecule has 2 aliphatic rings. The second kappa shape index (κ2) is 4.86. The van der Waals surface area contributed by atoms with Gasteiger partial charge in [-0.1, -0.05) is 0 Å². The van der Waals surface area contributed by atoms with E-state index in [-0.39, 0.29) is 0 Å². The summed E-state index contributed by atoms with van der Waals surface area (Å²) in [6, 6.07) is 3.09. The van der Waals surface area contributed by atoms with Crippen molar-refractivity contribution in [2.45, 2.75) is 25.3 Å². The van der Waals surface area contributed by atoms with Gasteiger partial charge in [-0.3, -0.25) is 4.90 Å². The minimum absolute atomic E-state index is 0.826. The Kier molecular flexibility index (Phi) is 3.27. The van der Waals surface area contributed by atoms with E-state index in [1.54, 1.807) is 0 Å². The van der Waals surface area contributed by atoms with Crippen molar-refractivity contribution in [3.8, 4) is 0 Å². The molecular formula is C13H20N2S. The molecule has 1 saturated carbocycles. The molecule has 0 amide bonds. The standard InChI is InChI=1S/C13H20N2S/c1-2-12(1)13-9-14-5-7-15(13)6-3-11-4-8-16-10-11/h4,8,10,12-14H,1-3,5-7,9H2. The Hall–Kier alpha value is -0.380. The number of rotatable bonds is 4. The average molecular weight is 236 g/mol. The van der Waals surface area contributed by atoms with Crippen LogP contribution < -0.4 is 5.32 Å². The molecule has 0 radical (unpaired) electrons. The fourth-order valence-corrected chi connectivity index (χ4v) is 3.40. The van der Waals surface area contributed by atoms with Gasteiger partial charge in [0.1, 0.15) is 0 Å². The second-order valence-electron chi connectivity index (χ2n) is 5.03. The summed E-state index contributed by atoms with van der Waals surface area (Å²) in [6.07, 6.45) is 4.15. The van der Waals surface area contributed by atoms with Gasteiger partial charge in [0.2, 0.25) is 0 Å². The van der Waals surface area contributed by atoms with Gasteiger partial charge >= 0.3 is 0 Å². The average Bonchev–Trinajstić information content (AvgIpc) is 3.04. The summed E-state index contributed by atoms with van der Waals surface area (Å²) < 4.78 is 0. The summed E-state index contributed by atoms with van der Waals surface area (Å²) in [7, 11) is 0. The molecule has 1 unspecified atom stereocenters. The van der Waals surface area contributed by atoms with Crippen LogP contribution in [0.15, 0.2) is 16.8 Å². The van der Waals surface area contributed by atoms with Crippen molar-refractivity contribution in [2.24, 2.45) is 5.92 Å². The predicted molar refractivity (Wildman–Crippen MR) is 69.0 cm³/mol. The predicted octanol–water partition coefficient (Wildman–Crippen LogP) is 1.97. The van der Waals surface area contributed by atoms with E-state index in [1.807, 2.05) is 11.3 Å². The molecule has 1 saturated heterocycles. The largest absolute Gasteiger partial charge is 0.314 e. The summed E-state index contributed by atoms with van der Waals surface area (Å²) in [5.74, 6) is 0.996. The van der Waals surface area contributed by atoms with Crippen LogP contribution in [0.25, 0.3) is 0 Å². The topological polar surface area (TPSA) is 15.3 Å². The maximum atomic E-state index is 3.54. The molecule has 0 bridgehead atoms. The van der Waals surface area contributed by atoms with Crippen molar-refractivity contribution >= 4 is 11.3 Å². The molecule has 1 N–H and O–H groups in total. The van der Waals surface area contributed by atoms with Crippen LogP contribution in [0.4, 0.5) is 0 Å². The molecule has 88 valence electrons. The van der Waals surface area contributed by atoms with E-state index < -0.39 is 0 Å². The molecule has 2 heterocycles. The van der Waals surface area contributed by atoms with Crippen LogP contribution in [0, 0.1) is 5.92 Å². The summed E-state index contributed by atoms with van der Waals surface area (Å²) in [6.45, 7) is 4.88. The van der Waals surface area contributed by atoms with Crippen LogP contribution in [0.2, 0.25) is 0 Å². The summed E-state index contributed by atoms with van der Waals surface area (Å²) in [5.41, 5.74) is 1.51. The lowest BCUT2D eigenvalue weighted by Gasteiger charge is -2.36. The Morgan fingerprint density at radius 2 is 2.38 bits per heavy atom. The van der Waals surface area contributed by atoms with Crippen molar-refractivity contribution < 1.29 is 0 Å². The molecule has 1 atom stereocenters. The second-order valence-corrected chi connectivity index (χ2v) is 5.81. The zero-order chi connectivity index (χ0) is 10.8. The van der Waals surface area contributed by atoms with Crippen molar-refractivity contribution in [3.63, 3.8) is 0 Å². The molecule has 0 spiro atoms. The molecule has 2 nitrogen and oxygen atoms in total. The van der Waals surface area contributed by atoms with Gasteiger partial charge in [0.25, 0.3) is 0 Å². The summed E-state index contributed by atoms with van der Waals surface area (Å²) >= 11 is 1.81. The van der Waals surface area contributed by atoms with Gasteiger partial charge in [-0.2, -0.15) is 11.3 Å². The highest BCUT2D eigenvalue weighted by atomic mass is 32.1. The van der Waals surface area contributed by atoms with E-state index >= 15 is 0 Å². The van der Waals surface area contributed by atoms with Crippen LogP contribution in [0.1, 0.15) is 18.4 Å². The number of piperazine rings is 1. The number of nitrogens with zero attached hydrogens (tertiary/aromatic N) is 1. The van der Waals surface area contributed by atoms with Crippen molar-refractivity contribution in [2.75, 3.05) is 26.2 Å². The first-order valence-electron chi connectivity index (χ1n) is 6.39. The highest BCUT2D eigenvalue weighted by Crippen LogP contribution is 2.35. The van der Waals surface area contributed by atoms with Gasteiger partial charge < -0.3 is 5.32 Å². The number of nitrogens with one attached hydrogen (secondary N) is 1. The van der Waals surface area contributed by atoms with Crippen molar-refractivity contribution in [3.05, 3.63) is 22.4 Å². The van der Waals surface area contributed by atoms with Crippen molar-refractivity contribution in [1.82, 2.24) is 10.2 Å². The maximum Gasteiger partial charge on any atom is 0.0249 e. The molecule has 1 aliphatic carbocycles. The Morgan fingerprint density at radius 3 is 3.12 bits per heavy atom. The Bertz CT molecular complexity index is 319. The number of hydrogen-bond donors (Lipinski definition) is 1. The van der Waals surface area contributed by atoms with Gasteiger partial charge in [-0.15, -0.1) is 0 Å². The summed E-state index contributed by atoms with van der Waals surface area (Å²) in [4.78, 5) is 2.71. The van der Waals surface area contributed by atoms with Crippen molar-refractivity contribution in [1.29, 1.82) is 0 Å². The lowest BCUT2D eigenvalue weighted by atomic mass is 10.1. The molecule has 1 aliphatic heterocycles. The van der Waals surface area contributed by atoms with Gasteiger partial charge in [0.15, 0.2) is 0 Å². The normalized spacial score (nSPS) is 27.1. The quantitative estimate of drug-likeness (QED) is 0.860. The highest BCUT2D eigenvalue weighted by molar-refractivity contribution is 7.07. The van der Waals surface area contributed by atoms with Crippen LogP contribution in [0.5, 0.6) is 0 Å². The molecule has 2 fully saturated rings.